The molecule has 0 aliphatic rings. The van der Waals surface area contributed by atoms with Crippen LogP contribution in [0.2, 0.25) is 0 Å². The molecular formula is C15H24N2O. The number of benzene rings is 1. The van der Waals surface area contributed by atoms with Crippen molar-refractivity contribution >= 4 is 5.91 Å². The van der Waals surface area contributed by atoms with Crippen molar-refractivity contribution in [3.8, 4) is 0 Å². The summed E-state index contributed by atoms with van der Waals surface area (Å²) in [6.45, 7) is 7.68. The Morgan fingerprint density at radius 3 is 2.44 bits per heavy atom. The highest BCUT2D eigenvalue weighted by atomic mass is 16.2. The largest absolute Gasteiger partial charge is 0.341 e. The van der Waals surface area contributed by atoms with Crippen LogP contribution in [0, 0.1) is 5.41 Å². The van der Waals surface area contributed by atoms with Gasteiger partial charge in [0.15, 0.2) is 0 Å². The Hall–Kier alpha value is -1.35. The van der Waals surface area contributed by atoms with E-state index in [9.17, 15) is 4.79 Å². The first-order chi connectivity index (χ1) is 8.35. The molecule has 3 heteroatoms. The number of carbonyl (C=O) groups excluding carboxylic acids is 1. The van der Waals surface area contributed by atoms with Gasteiger partial charge >= 0.3 is 0 Å². The molecule has 1 aromatic rings. The normalized spacial score (nSPS) is 11.4. The third-order valence-electron chi connectivity index (χ3n) is 2.72. The molecule has 0 aliphatic heterocycles. The molecule has 0 saturated heterocycles. The predicted molar refractivity (Wildman–Crippen MR) is 75.6 cm³/mol. The van der Waals surface area contributed by atoms with Crippen LogP contribution >= 0.6 is 0 Å². The molecule has 0 aromatic heterocycles. The van der Waals surface area contributed by atoms with Gasteiger partial charge in [-0.3, -0.25) is 4.79 Å². The van der Waals surface area contributed by atoms with E-state index in [2.05, 4.69) is 20.8 Å². The first-order valence-corrected chi connectivity index (χ1v) is 6.38. The van der Waals surface area contributed by atoms with Crippen LogP contribution < -0.4 is 5.73 Å². The minimum absolute atomic E-state index is 0.0778. The molecule has 1 amide bonds. The zero-order valence-corrected chi connectivity index (χ0v) is 11.9. The van der Waals surface area contributed by atoms with Crippen LogP contribution in [0.15, 0.2) is 24.3 Å². The number of nitrogens with two attached hydrogens (primary N) is 1. The summed E-state index contributed by atoms with van der Waals surface area (Å²) in [5.74, 6) is 0.0778. The molecule has 0 bridgehead atoms. The quantitative estimate of drug-likeness (QED) is 0.888. The summed E-state index contributed by atoms with van der Waals surface area (Å²) >= 11 is 0. The highest BCUT2D eigenvalue weighted by molar-refractivity contribution is 5.95. The third kappa shape index (κ3) is 4.15. The van der Waals surface area contributed by atoms with Crippen LogP contribution in [0.5, 0.6) is 0 Å². The lowest BCUT2D eigenvalue weighted by Crippen LogP contribution is -2.35. The molecule has 0 fully saturated rings. The second-order valence-corrected chi connectivity index (χ2v) is 5.92. The molecule has 2 N–H and O–H groups in total. The lowest BCUT2D eigenvalue weighted by atomic mass is 9.95. The Labute approximate surface area is 110 Å². The van der Waals surface area contributed by atoms with Crippen molar-refractivity contribution in [1.29, 1.82) is 0 Å². The summed E-state index contributed by atoms with van der Waals surface area (Å²) in [4.78, 5) is 14.2. The highest BCUT2D eigenvalue weighted by Gasteiger charge is 2.20. The summed E-state index contributed by atoms with van der Waals surface area (Å²) < 4.78 is 0. The minimum Gasteiger partial charge on any atom is -0.341 e. The van der Waals surface area contributed by atoms with Crippen LogP contribution in [-0.2, 0) is 6.42 Å². The molecule has 0 heterocycles. The lowest BCUT2D eigenvalue weighted by molar-refractivity contribution is 0.0744. The number of hydrogen-bond donors (Lipinski definition) is 1. The van der Waals surface area contributed by atoms with Gasteiger partial charge in [-0.1, -0.05) is 39.0 Å². The smallest absolute Gasteiger partial charge is 0.253 e. The molecule has 0 spiro atoms. The Bertz CT molecular complexity index is 407. The topological polar surface area (TPSA) is 46.3 Å². The Balaban J connectivity index is 2.89. The summed E-state index contributed by atoms with van der Waals surface area (Å²) in [6.07, 6.45) is 0.741. The van der Waals surface area contributed by atoms with Crippen molar-refractivity contribution in [2.24, 2.45) is 11.1 Å². The Morgan fingerprint density at radius 1 is 1.28 bits per heavy atom. The zero-order valence-electron chi connectivity index (χ0n) is 11.9. The van der Waals surface area contributed by atoms with Gasteiger partial charge in [0, 0.05) is 19.2 Å². The van der Waals surface area contributed by atoms with Crippen molar-refractivity contribution in [1.82, 2.24) is 4.90 Å². The monoisotopic (exact) mass is 248 g/mol. The van der Waals surface area contributed by atoms with Crippen LogP contribution in [0.4, 0.5) is 0 Å². The zero-order chi connectivity index (χ0) is 13.8. The van der Waals surface area contributed by atoms with E-state index in [4.69, 9.17) is 5.73 Å². The molecule has 0 atom stereocenters. The second-order valence-electron chi connectivity index (χ2n) is 5.92. The van der Waals surface area contributed by atoms with Crippen LogP contribution in [0.1, 0.15) is 36.7 Å². The van der Waals surface area contributed by atoms with E-state index in [0.717, 1.165) is 24.1 Å². The third-order valence-corrected chi connectivity index (χ3v) is 2.72. The van der Waals surface area contributed by atoms with Gasteiger partial charge in [-0.15, -0.1) is 0 Å². The van der Waals surface area contributed by atoms with Gasteiger partial charge in [-0.05, 0) is 30.0 Å². The molecule has 3 nitrogen and oxygen atoms in total. The summed E-state index contributed by atoms with van der Waals surface area (Å²) in [5, 5.41) is 0. The molecule has 0 unspecified atom stereocenters. The van der Waals surface area contributed by atoms with Crippen molar-refractivity contribution in [2.75, 3.05) is 20.1 Å². The maximum absolute atomic E-state index is 12.4. The molecule has 0 radical (unpaired) electrons. The average Bonchev–Trinajstić information content (AvgIpc) is 2.27. The fourth-order valence-electron chi connectivity index (χ4n) is 2.09. The molecule has 0 saturated carbocycles. The van der Waals surface area contributed by atoms with E-state index in [1.54, 1.807) is 4.90 Å². The van der Waals surface area contributed by atoms with E-state index in [-0.39, 0.29) is 11.3 Å². The molecular weight excluding hydrogens is 224 g/mol. The van der Waals surface area contributed by atoms with E-state index in [0.29, 0.717) is 6.54 Å². The number of hydrogen-bond acceptors (Lipinski definition) is 2. The fourth-order valence-corrected chi connectivity index (χ4v) is 2.09. The van der Waals surface area contributed by atoms with Crippen molar-refractivity contribution in [3.63, 3.8) is 0 Å². The molecule has 1 aromatic carbocycles. The van der Waals surface area contributed by atoms with Gasteiger partial charge < -0.3 is 10.6 Å². The predicted octanol–water partition coefficient (Wildman–Crippen LogP) is 2.31. The first kappa shape index (κ1) is 14.7. The van der Waals surface area contributed by atoms with Crippen LogP contribution in [0.3, 0.4) is 0 Å². The number of amides is 1. The Kier molecular flexibility index (Phi) is 4.91. The second kappa shape index (κ2) is 6.01. The van der Waals surface area contributed by atoms with Gasteiger partial charge in [0.1, 0.15) is 0 Å². The SMILES string of the molecule is CN(CC(C)(C)C)C(=O)c1ccccc1CCN. The standard InChI is InChI=1S/C15H24N2O/c1-15(2,3)11-17(4)14(18)13-8-6-5-7-12(13)9-10-16/h5-8H,9-11,16H2,1-4H3. The molecule has 0 aliphatic carbocycles. The van der Waals surface area contributed by atoms with Crippen molar-refractivity contribution < 1.29 is 4.79 Å². The maximum Gasteiger partial charge on any atom is 0.253 e. The van der Waals surface area contributed by atoms with Crippen molar-refractivity contribution in [3.05, 3.63) is 35.4 Å². The van der Waals surface area contributed by atoms with Gasteiger partial charge in [0.25, 0.3) is 5.91 Å². The van der Waals surface area contributed by atoms with Crippen LogP contribution in [-0.4, -0.2) is 30.9 Å². The van der Waals surface area contributed by atoms with E-state index in [1.165, 1.54) is 0 Å². The summed E-state index contributed by atoms with van der Waals surface area (Å²) in [7, 11) is 1.85. The molecule has 18 heavy (non-hydrogen) atoms. The molecule has 100 valence electrons. The average molecular weight is 248 g/mol. The van der Waals surface area contributed by atoms with E-state index in [1.807, 2.05) is 31.3 Å². The Morgan fingerprint density at radius 2 is 1.89 bits per heavy atom. The summed E-state index contributed by atoms with van der Waals surface area (Å²) in [6, 6.07) is 7.71. The molecule has 1 rings (SSSR count). The van der Waals surface area contributed by atoms with Crippen molar-refractivity contribution in [2.45, 2.75) is 27.2 Å². The van der Waals surface area contributed by atoms with E-state index >= 15 is 0 Å². The van der Waals surface area contributed by atoms with Gasteiger partial charge in [0.2, 0.25) is 0 Å². The maximum atomic E-state index is 12.4. The minimum atomic E-state index is 0.0778. The van der Waals surface area contributed by atoms with Gasteiger partial charge in [-0.2, -0.15) is 0 Å². The number of nitrogens with zero attached hydrogens (tertiary/aromatic N) is 1. The lowest BCUT2D eigenvalue weighted by Gasteiger charge is -2.27. The fraction of sp³-hybridized carbons (Fsp3) is 0.533. The van der Waals surface area contributed by atoms with Gasteiger partial charge in [-0.25, -0.2) is 0 Å². The summed E-state index contributed by atoms with van der Waals surface area (Å²) in [5.41, 5.74) is 7.49. The highest BCUT2D eigenvalue weighted by Crippen LogP contribution is 2.17. The number of carbonyl (C=O) groups is 1. The van der Waals surface area contributed by atoms with Crippen LogP contribution in [0.25, 0.3) is 0 Å². The number of rotatable bonds is 4. The van der Waals surface area contributed by atoms with E-state index < -0.39 is 0 Å². The first-order valence-electron chi connectivity index (χ1n) is 6.38. The van der Waals surface area contributed by atoms with Gasteiger partial charge in [0.05, 0.1) is 0 Å².